The fourth-order valence-corrected chi connectivity index (χ4v) is 4.45. The third-order valence-electron chi connectivity index (χ3n) is 5.77. The van der Waals surface area contributed by atoms with Gasteiger partial charge in [-0.05, 0) is 37.8 Å². The second kappa shape index (κ2) is 6.27. The predicted molar refractivity (Wildman–Crippen MR) is 98.9 cm³/mol. The van der Waals surface area contributed by atoms with E-state index in [0.29, 0.717) is 0 Å². The Morgan fingerprint density at radius 2 is 2.04 bits per heavy atom. The van der Waals surface area contributed by atoms with Crippen molar-refractivity contribution in [1.82, 2.24) is 24.6 Å². The number of para-hydroxylation sites is 1. The van der Waals surface area contributed by atoms with Gasteiger partial charge in [0.25, 0.3) is 5.91 Å². The molecular weight excluding hydrogens is 326 g/mol. The number of benzene rings is 1. The lowest BCUT2D eigenvalue weighted by atomic mass is 10.1. The number of hydrogen-bond acceptors (Lipinski definition) is 3. The summed E-state index contributed by atoms with van der Waals surface area (Å²) >= 11 is 0. The number of nitrogens with one attached hydrogen (secondary N) is 1. The largest absolute Gasteiger partial charge is 0.361 e. The molecule has 1 amide bonds. The van der Waals surface area contributed by atoms with Crippen LogP contribution < -0.4 is 0 Å². The lowest BCUT2D eigenvalue weighted by Crippen LogP contribution is -2.32. The van der Waals surface area contributed by atoms with Crippen molar-refractivity contribution in [1.29, 1.82) is 0 Å². The highest BCUT2D eigenvalue weighted by atomic mass is 16.2. The number of carbonyl (C=O) groups excluding carboxylic acids is 1. The smallest absolute Gasteiger partial charge is 0.256 e. The van der Waals surface area contributed by atoms with Crippen molar-refractivity contribution in [3.63, 3.8) is 0 Å². The van der Waals surface area contributed by atoms with E-state index in [2.05, 4.69) is 19.7 Å². The summed E-state index contributed by atoms with van der Waals surface area (Å²) in [5.41, 5.74) is 1.67. The molecule has 5 rings (SSSR count). The Hall–Kier alpha value is -2.63. The van der Waals surface area contributed by atoms with Crippen LogP contribution in [0, 0.1) is 0 Å². The van der Waals surface area contributed by atoms with Gasteiger partial charge in [0.15, 0.2) is 5.82 Å². The van der Waals surface area contributed by atoms with E-state index < -0.39 is 0 Å². The maximum atomic E-state index is 13.3. The minimum Gasteiger partial charge on any atom is -0.361 e. The number of aryl methyl sites for hydroxylation is 1. The monoisotopic (exact) mass is 349 g/mol. The van der Waals surface area contributed by atoms with E-state index in [0.717, 1.165) is 60.5 Å². The molecular formula is C20H23N5O. The SMILES string of the molecule is O=C(c1cccc2cc[nH]c12)N1CCC[C@H]1c1nnc2n1CCCCC2. The molecule has 6 nitrogen and oxygen atoms in total. The molecule has 134 valence electrons. The number of aromatic amines is 1. The lowest BCUT2D eigenvalue weighted by Gasteiger charge is -2.25. The van der Waals surface area contributed by atoms with Gasteiger partial charge < -0.3 is 14.5 Å². The molecule has 2 aliphatic rings. The van der Waals surface area contributed by atoms with Crippen LogP contribution in [0.15, 0.2) is 30.5 Å². The maximum absolute atomic E-state index is 13.3. The molecule has 1 saturated heterocycles. The van der Waals surface area contributed by atoms with Gasteiger partial charge in [0.2, 0.25) is 0 Å². The fraction of sp³-hybridized carbons (Fsp3) is 0.450. The van der Waals surface area contributed by atoms with Crippen molar-refractivity contribution in [2.75, 3.05) is 6.54 Å². The number of fused-ring (bicyclic) bond motifs is 2. The van der Waals surface area contributed by atoms with Crippen molar-refractivity contribution in [2.24, 2.45) is 0 Å². The van der Waals surface area contributed by atoms with Gasteiger partial charge in [0.05, 0.1) is 17.1 Å². The van der Waals surface area contributed by atoms with Crippen molar-refractivity contribution < 1.29 is 4.79 Å². The van der Waals surface area contributed by atoms with Crippen molar-refractivity contribution >= 4 is 16.8 Å². The summed E-state index contributed by atoms with van der Waals surface area (Å²) in [7, 11) is 0. The molecule has 6 heteroatoms. The van der Waals surface area contributed by atoms with Crippen LogP contribution in [0.4, 0.5) is 0 Å². The van der Waals surface area contributed by atoms with Gasteiger partial charge in [-0.15, -0.1) is 10.2 Å². The molecule has 0 aliphatic carbocycles. The van der Waals surface area contributed by atoms with E-state index in [4.69, 9.17) is 0 Å². The summed E-state index contributed by atoms with van der Waals surface area (Å²) in [6.45, 7) is 1.76. The molecule has 1 fully saturated rings. The van der Waals surface area contributed by atoms with Crippen molar-refractivity contribution in [3.8, 4) is 0 Å². The van der Waals surface area contributed by atoms with Crippen LogP contribution in [0.3, 0.4) is 0 Å². The molecule has 26 heavy (non-hydrogen) atoms. The first-order chi connectivity index (χ1) is 12.8. The zero-order chi connectivity index (χ0) is 17.5. The molecule has 0 bridgehead atoms. The maximum Gasteiger partial charge on any atom is 0.256 e. The minimum absolute atomic E-state index is 0.0343. The van der Waals surface area contributed by atoms with E-state index in [-0.39, 0.29) is 11.9 Å². The molecule has 4 heterocycles. The molecule has 1 atom stereocenters. The lowest BCUT2D eigenvalue weighted by molar-refractivity contribution is 0.0729. The van der Waals surface area contributed by atoms with Crippen LogP contribution in [0.2, 0.25) is 0 Å². The van der Waals surface area contributed by atoms with Crippen LogP contribution >= 0.6 is 0 Å². The number of carbonyl (C=O) groups is 1. The first kappa shape index (κ1) is 15.6. The Bertz CT molecular complexity index is 956. The summed E-state index contributed by atoms with van der Waals surface area (Å²) < 4.78 is 2.28. The number of nitrogens with zero attached hydrogens (tertiary/aromatic N) is 4. The molecule has 2 aliphatic heterocycles. The van der Waals surface area contributed by atoms with Crippen LogP contribution in [0.25, 0.3) is 10.9 Å². The average molecular weight is 349 g/mol. The number of aromatic nitrogens is 4. The van der Waals surface area contributed by atoms with Crippen LogP contribution in [-0.2, 0) is 13.0 Å². The van der Waals surface area contributed by atoms with Crippen molar-refractivity contribution in [2.45, 2.75) is 51.1 Å². The Labute approximate surface area is 152 Å². The third-order valence-corrected chi connectivity index (χ3v) is 5.77. The molecule has 1 aromatic carbocycles. The minimum atomic E-state index is 0.0343. The van der Waals surface area contributed by atoms with Crippen LogP contribution in [-0.4, -0.2) is 37.1 Å². The number of likely N-dealkylation sites (tertiary alicyclic amines) is 1. The van der Waals surface area contributed by atoms with Gasteiger partial charge in [-0.25, -0.2) is 0 Å². The van der Waals surface area contributed by atoms with Crippen LogP contribution in [0.5, 0.6) is 0 Å². The third kappa shape index (κ3) is 2.43. The van der Waals surface area contributed by atoms with E-state index in [1.807, 2.05) is 35.4 Å². The van der Waals surface area contributed by atoms with E-state index in [9.17, 15) is 4.79 Å². The summed E-state index contributed by atoms with van der Waals surface area (Å²) in [6, 6.07) is 7.94. The summed E-state index contributed by atoms with van der Waals surface area (Å²) in [4.78, 5) is 18.6. The van der Waals surface area contributed by atoms with Gasteiger partial charge in [-0.3, -0.25) is 4.79 Å². The Kier molecular flexibility index (Phi) is 3.76. The van der Waals surface area contributed by atoms with Gasteiger partial charge in [-0.1, -0.05) is 18.6 Å². The molecule has 0 unspecified atom stereocenters. The number of amides is 1. The van der Waals surface area contributed by atoms with Gasteiger partial charge >= 0.3 is 0 Å². The first-order valence-corrected chi connectivity index (χ1v) is 9.62. The first-order valence-electron chi connectivity index (χ1n) is 9.62. The van der Waals surface area contributed by atoms with E-state index in [1.54, 1.807) is 0 Å². The Morgan fingerprint density at radius 3 is 3.00 bits per heavy atom. The van der Waals surface area contributed by atoms with Gasteiger partial charge in [0.1, 0.15) is 5.82 Å². The Morgan fingerprint density at radius 1 is 1.08 bits per heavy atom. The fourth-order valence-electron chi connectivity index (χ4n) is 4.45. The molecule has 0 spiro atoms. The van der Waals surface area contributed by atoms with Crippen LogP contribution in [0.1, 0.15) is 60.2 Å². The second-order valence-electron chi connectivity index (χ2n) is 7.34. The highest BCUT2D eigenvalue weighted by Gasteiger charge is 2.35. The predicted octanol–water partition coefficient (Wildman–Crippen LogP) is 3.46. The number of rotatable bonds is 2. The highest BCUT2D eigenvalue weighted by Crippen LogP contribution is 2.34. The zero-order valence-electron chi connectivity index (χ0n) is 14.8. The van der Waals surface area contributed by atoms with E-state index in [1.165, 1.54) is 19.3 Å². The summed E-state index contributed by atoms with van der Waals surface area (Å²) in [5.74, 6) is 2.15. The molecule has 3 aromatic rings. The molecule has 0 saturated carbocycles. The standard InChI is InChI=1S/C20H23N5O/c26-20(15-7-4-6-14-10-11-21-18(14)15)24-13-5-8-16(24)19-23-22-17-9-2-1-3-12-25(17)19/h4,6-7,10-11,16,21H,1-3,5,8-9,12-13H2/t16-/m0/s1. The number of hydrogen-bond donors (Lipinski definition) is 1. The molecule has 0 radical (unpaired) electrons. The topological polar surface area (TPSA) is 66.8 Å². The van der Waals surface area contributed by atoms with Gasteiger partial charge in [-0.2, -0.15) is 0 Å². The van der Waals surface area contributed by atoms with Gasteiger partial charge in [0, 0.05) is 31.1 Å². The number of H-pyrrole nitrogens is 1. The quantitative estimate of drug-likeness (QED) is 0.770. The second-order valence-corrected chi connectivity index (χ2v) is 7.34. The summed E-state index contributed by atoms with van der Waals surface area (Å²) in [6.07, 6.45) is 8.45. The normalized spacial score (nSPS) is 20.3. The summed E-state index contributed by atoms with van der Waals surface area (Å²) in [5, 5.41) is 10.0. The van der Waals surface area contributed by atoms with Crippen molar-refractivity contribution in [3.05, 3.63) is 47.7 Å². The average Bonchev–Trinajstić information content (AvgIpc) is 3.37. The zero-order valence-corrected chi connectivity index (χ0v) is 14.8. The Balaban J connectivity index is 1.51. The van der Waals surface area contributed by atoms with E-state index >= 15 is 0 Å². The highest BCUT2D eigenvalue weighted by molar-refractivity contribution is 6.05. The molecule has 2 aromatic heterocycles. The molecule has 1 N–H and O–H groups in total.